The SMILES string of the molecule is O=C(O)C1CC(c2ccc(O)cc2)NC2NNC(c3ccc(F)cc3)C21. The van der Waals surface area contributed by atoms with E-state index in [-0.39, 0.29) is 35.7 Å². The molecule has 2 saturated heterocycles. The number of piperidine rings is 1. The number of fused-ring (bicyclic) bond motifs is 1. The summed E-state index contributed by atoms with van der Waals surface area (Å²) in [6.07, 6.45) is 0.196. The average molecular weight is 357 g/mol. The van der Waals surface area contributed by atoms with Gasteiger partial charge in [-0.05, 0) is 41.8 Å². The smallest absolute Gasteiger partial charge is 0.307 e. The summed E-state index contributed by atoms with van der Waals surface area (Å²) in [6, 6.07) is 12.6. The van der Waals surface area contributed by atoms with Crippen LogP contribution < -0.4 is 16.2 Å². The third-order valence-corrected chi connectivity index (χ3v) is 5.34. The molecule has 0 radical (unpaired) electrons. The molecule has 0 spiro atoms. The largest absolute Gasteiger partial charge is 0.508 e. The Morgan fingerprint density at radius 3 is 2.31 bits per heavy atom. The lowest BCUT2D eigenvalue weighted by Crippen LogP contribution is -2.53. The highest BCUT2D eigenvalue weighted by molar-refractivity contribution is 5.71. The fraction of sp³-hybridized carbons (Fsp3) is 0.316. The van der Waals surface area contributed by atoms with Crippen LogP contribution in [0.25, 0.3) is 0 Å². The number of nitrogens with one attached hydrogen (secondary N) is 3. The minimum atomic E-state index is -0.845. The number of aliphatic carboxylic acids is 1. The van der Waals surface area contributed by atoms with Crippen LogP contribution in [-0.2, 0) is 4.79 Å². The molecule has 4 rings (SSSR count). The van der Waals surface area contributed by atoms with Crippen molar-refractivity contribution in [3.8, 4) is 5.75 Å². The van der Waals surface area contributed by atoms with E-state index in [0.717, 1.165) is 11.1 Å². The first kappa shape index (κ1) is 17.0. The molecule has 0 saturated carbocycles. The molecule has 2 heterocycles. The standard InChI is InChI=1S/C19H20FN3O3/c20-12-5-1-11(2-6-12)17-16-14(19(25)26)9-15(21-18(16)23-22-17)10-3-7-13(24)8-4-10/h1-8,14-18,21-24H,9H2,(H,25,26). The molecule has 0 aromatic heterocycles. The highest BCUT2D eigenvalue weighted by Gasteiger charge is 2.49. The summed E-state index contributed by atoms with van der Waals surface area (Å²) in [5.41, 5.74) is 8.09. The van der Waals surface area contributed by atoms with Crippen molar-refractivity contribution in [2.24, 2.45) is 11.8 Å². The minimum Gasteiger partial charge on any atom is -0.508 e. The Bertz CT molecular complexity index is 797. The summed E-state index contributed by atoms with van der Waals surface area (Å²) >= 11 is 0. The maximum atomic E-state index is 13.2. The summed E-state index contributed by atoms with van der Waals surface area (Å²) < 4.78 is 13.2. The maximum Gasteiger partial charge on any atom is 0.307 e. The van der Waals surface area contributed by atoms with Crippen LogP contribution in [0.4, 0.5) is 4.39 Å². The van der Waals surface area contributed by atoms with Gasteiger partial charge in [0.15, 0.2) is 0 Å². The molecule has 136 valence electrons. The van der Waals surface area contributed by atoms with Gasteiger partial charge in [-0.2, -0.15) is 0 Å². The molecular formula is C19H20FN3O3. The number of phenols is 1. The van der Waals surface area contributed by atoms with Crippen molar-refractivity contribution in [1.29, 1.82) is 0 Å². The Morgan fingerprint density at radius 1 is 1.00 bits per heavy atom. The van der Waals surface area contributed by atoms with Crippen LogP contribution in [0.5, 0.6) is 5.75 Å². The maximum absolute atomic E-state index is 13.2. The van der Waals surface area contributed by atoms with E-state index in [0.29, 0.717) is 6.42 Å². The van der Waals surface area contributed by atoms with Gasteiger partial charge in [-0.3, -0.25) is 10.1 Å². The van der Waals surface area contributed by atoms with Gasteiger partial charge >= 0.3 is 5.97 Å². The van der Waals surface area contributed by atoms with Crippen LogP contribution in [0.2, 0.25) is 0 Å². The van der Waals surface area contributed by atoms with Crippen molar-refractivity contribution in [2.45, 2.75) is 24.7 Å². The molecule has 2 fully saturated rings. The molecule has 0 aliphatic carbocycles. The quantitative estimate of drug-likeness (QED) is 0.577. The van der Waals surface area contributed by atoms with E-state index < -0.39 is 11.9 Å². The second-order valence-electron chi connectivity index (χ2n) is 6.86. The highest BCUT2D eigenvalue weighted by Crippen LogP contribution is 2.42. The number of hydrogen-bond donors (Lipinski definition) is 5. The van der Waals surface area contributed by atoms with E-state index in [1.54, 1.807) is 36.4 Å². The van der Waals surface area contributed by atoms with E-state index in [9.17, 15) is 19.4 Å². The Labute approximate surface area is 150 Å². The number of aromatic hydroxyl groups is 1. The normalized spacial score (nSPS) is 30.7. The second-order valence-corrected chi connectivity index (χ2v) is 6.86. The van der Waals surface area contributed by atoms with Crippen LogP contribution in [-0.4, -0.2) is 22.3 Å². The number of hydrazine groups is 1. The number of rotatable bonds is 3. The zero-order chi connectivity index (χ0) is 18.3. The lowest BCUT2D eigenvalue weighted by Gasteiger charge is -2.39. The van der Waals surface area contributed by atoms with E-state index in [1.165, 1.54) is 12.1 Å². The van der Waals surface area contributed by atoms with E-state index in [1.807, 2.05) is 0 Å². The fourth-order valence-corrected chi connectivity index (χ4v) is 4.06. The third kappa shape index (κ3) is 3.05. The number of carbonyl (C=O) groups is 1. The van der Waals surface area contributed by atoms with Crippen LogP contribution in [0.15, 0.2) is 48.5 Å². The van der Waals surface area contributed by atoms with Gasteiger partial charge in [-0.1, -0.05) is 24.3 Å². The van der Waals surface area contributed by atoms with Crippen LogP contribution in [0.1, 0.15) is 29.6 Å². The summed E-state index contributed by atoms with van der Waals surface area (Å²) in [6.45, 7) is 0. The molecule has 0 bridgehead atoms. The van der Waals surface area contributed by atoms with Gasteiger partial charge in [-0.15, -0.1) is 0 Å². The van der Waals surface area contributed by atoms with Crippen molar-refractivity contribution in [3.63, 3.8) is 0 Å². The molecular weight excluding hydrogens is 337 g/mol. The molecule has 2 aliphatic heterocycles. The fourth-order valence-electron chi connectivity index (χ4n) is 4.06. The molecule has 5 unspecified atom stereocenters. The summed E-state index contributed by atoms with van der Waals surface area (Å²) in [5.74, 6) is -1.78. The lowest BCUT2D eigenvalue weighted by molar-refractivity contribution is -0.146. The Balaban J connectivity index is 1.61. The van der Waals surface area contributed by atoms with Crippen molar-refractivity contribution in [3.05, 3.63) is 65.5 Å². The first-order valence-electron chi connectivity index (χ1n) is 8.57. The second kappa shape index (κ2) is 6.68. The summed E-state index contributed by atoms with van der Waals surface area (Å²) in [4.78, 5) is 12.0. The monoisotopic (exact) mass is 357 g/mol. The van der Waals surface area contributed by atoms with Crippen LogP contribution in [0, 0.1) is 17.7 Å². The number of phenolic OH excluding ortho intramolecular Hbond substituents is 1. The topological polar surface area (TPSA) is 93.6 Å². The van der Waals surface area contributed by atoms with Gasteiger partial charge in [0.25, 0.3) is 0 Å². The first-order valence-corrected chi connectivity index (χ1v) is 8.57. The molecule has 6 nitrogen and oxygen atoms in total. The lowest BCUT2D eigenvalue weighted by atomic mass is 9.75. The molecule has 0 amide bonds. The van der Waals surface area contributed by atoms with Gasteiger partial charge in [0.2, 0.25) is 0 Å². The van der Waals surface area contributed by atoms with Gasteiger partial charge in [0.1, 0.15) is 11.6 Å². The van der Waals surface area contributed by atoms with Crippen LogP contribution in [0.3, 0.4) is 0 Å². The van der Waals surface area contributed by atoms with Gasteiger partial charge < -0.3 is 10.2 Å². The molecule has 7 heteroatoms. The number of halogens is 1. The predicted molar refractivity (Wildman–Crippen MR) is 92.4 cm³/mol. The Hall–Kier alpha value is -2.48. The Morgan fingerprint density at radius 2 is 1.65 bits per heavy atom. The Kier molecular flexibility index (Phi) is 4.36. The number of carboxylic acid groups (broad SMARTS) is 1. The number of carboxylic acids is 1. The molecule has 5 N–H and O–H groups in total. The average Bonchev–Trinajstić information content (AvgIpc) is 3.06. The summed E-state index contributed by atoms with van der Waals surface area (Å²) in [7, 11) is 0. The van der Waals surface area contributed by atoms with Gasteiger partial charge in [0.05, 0.1) is 18.1 Å². The molecule has 5 atom stereocenters. The zero-order valence-electron chi connectivity index (χ0n) is 13.9. The number of hydrogen-bond acceptors (Lipinski definition) is 5. The van der Waals surface area contributed by atoms with E-state index in [2.05, 4.69) is 16.2 Å². The molecule has 2 aromatic carbocycles. The van der Waals surface area contributed by atoms with Crippen molar-refractivity contribution < 1.29 is 19.4 Å². The molecule has 26 heavy (non-hydrogen) atoms. The molecule has 2 aromatic rings. The zero-order valence-corrected chi connectivity index (χ0v) is 13.9. The van der Waals surface area contributed by atoms with Gasteiger partial charge in [0, 0.05) is 12.0 Å². The predicted octanol–water partition coefficient (Wildman–Crippen LogP) is 2.06. The minimum absolute atomic E-state index is 0.140. The molecule has 2 aliphatic rings. The number of benzene rings is 2. The van der Waals surface area contributed by atoms with E-state index >= 15 is 0 Å². The summed E-state index contributed by atoms with van der Waals surface area (Å²) in [5, 5.41) is 22.7. The van der Waals surface area contributed by atoms with Crippen LogP contribution >= 0.6 is 0 Å². The van der Waals surface area contributed by atoms with Crippen molar-refractivity contribution >= 4 is 5.97 Å². The third-order valence-electron chi connectivity index (χ3n) is 5.34. The van der Waals surface area contributed by atoms with E-state index in [4.69, 9.17) is 0 Å². The van der Waals surface area contributed by atoms with Gasteiger partial charge in [-0.25, -0.2) is 15.2 Å². The first-order chi connectivity index (χ1) is 12.5. The van der Waals surface area contributed by atoms with Crippen molar-refractivity contribution in [1.82, 2.24) is 16.2 Å². The van der Waals surface area contributed by atoms with Crippen molar-refractivity contribution in [2.75, 3.05) is 0 Å². The highest BCUT2D eigenvalue weighted by atomic mass is 19.1.